The van der Waals surface area contributed by atoms with E-state index in [9.17, 15) is 4.79 Å². The van der Waals surface area contributed by atoms with Gasteiger partial charge in [-0.05, 0) is 38.0 Å². The van der Waals surface area contributed by atoms with E-state index in [4.69, 9.17) is 9.97 Å². The van der Waals surface area contributed by atoms with Gasteiger partial charge in [0.05, 0.1) is 6.54 Å². The number of anilines is 1. The minimum Gasteiger partial charge on any atom is -0.292 e. The Kier molecular flexibility index (Phi) is 4.21. The lowest BCUT2D eigenvalue weighted by Crippen LogP contribution is -2.36. The predicted octanol–water partition coefficient (Wildman–Crippen LogP) is 3.63. The second-order valence-corrected chi connectivity index (χ2v) is 6.65. The van der Waals surface area contributed by atoms with E-state index in [0.29, 0.717) is 25.2 Å². The fourth-order valence-electron chi connectivity index (χ4n) is 3.33. The highest BCUT2D eigenvalue weighted by atomic mass is 16.2. The highest BCUT2D eigenvalue weighted by Crippen LogP contribution is 2.31. The predicted molar refractivity (Wildman–Crippen MR) is 101 cm³/mol. The lowest BCUT2D eigenvalue weighted by Gasteiger charge is -2.29. The molecule has 3 aromatic rings. The van der Waals surface area contributed by atoms with Gasteiger partial charge in [-0.1, -0.05) is 29.8 Å². The van der Waals surface area contributed by atoms with Crippen LogP contribution in [-0.4, -0.2) is 20.9 Å². The van der Waals surface area contributed by atoms with Crippen molar-refractivity contribution in [2.45, 2.75) is 33.2 Å². The highest BCUT2D eigenvalue weighted by molar-refractivity contribution is 5.95. The second-order valence-electron chi connectivity index (χ2n) is 6.65. The molecule has 1 aliphatic heterocycles. The summed E-state index contributed by atoms with van der Waals surface area (Å²) in [5.41, 5.74) is 5.11. The second kappa shape index (κ2) is 6.67. The van der Waals surface area contributed by atoms with E-state index < -0.39 is 0 Å². The molecular weight excluding hydrogens is 324 g/mol. The van der Waals surface area contributed by atoms with Crippen LogP contribution in [0.15, 0.2) is 48.8 Å². The molecule has 0 saturated heterocycles. The Morgan fingerprint density at radius 3 is 2.73 bits per heavy atom. The highest BCUT2D eigenvalue weighted by Gasteiger charge is 2.28. The van der Waals surface area contributed by atoms with Crippen LogP contribution >= 0.6 is 0 Å². The van der Waals surface area contributed by atoms with Gasteiger partial charge in [0.15, 0.2) is 5.82 Å². The number of aromatic nitrogens is 3. The first kappa shape index (κ1) is 16.4. The van der Waals surface area contributed by atoms with Gasteiger partial charge in [0.2, 0.25) is 5.91 Å². The standard InChI is InChI=1S/C21H20N4O/c1-14-5-3-7-17(11-14)20-23-15(2)18-8-9-19(26)25(21(18)24-20)13-16-6-4-10-22-12-16/h3-7,10-12H,8-9,13H2,1-2H3. The number of rotatable bonds is 3. The maximum Gasteiger partial charge on any atom is 0.228 e. The summed E-state index contributed by atoms with van der Waals surface area (Å²) in [5.74, 6) is 1.49. The number of carbonyl (C=O) groups is 1. The maximum atomic E-state index is 12.6. The van der Waals surface area contributed by atoms with Gasteiger partial charge in [-0.3, -0.25) is 14.7 Å². The average molecular weight is 344 g/mol. The molecule has 4 rings (SSSR count). The summed E-state index contributed by atoms with van der Waals surface area (Å²) in [5, 5.41) is 0. The third kappa shape index (κ3) is 3.08. The van der Waals surface area contributed by atoms with Crippen LogP contribution in [-0.2, 0) is 17.8 Å². The fourth-order valence-corrected chi connectivity index (χ4v) is 3.33. The summed E-state index contributed by atoms with van der Waals surface area (Å²) in [6, 6.07) is 12.0. The number of aryl methyl sites for hydroxylation is 2. The van der Waals surface area contributed by atoms with E-state index >= 15 is 0 Å². The van der Waals surface area contributed by atoms with Crippen LogP contribution in [0.1, 0.15) is 28.8 Å². The van der Waals surface area contributed by atoms with Gasteiger partial charge in [0, 0.05) is 35.6 Å². The van der Waals surface area contributed by atoms with Gasteiger partial charge in [-0.2, -0.15) is 0 Å². The lowest BCUT2D eigenvalue weighted by atomic mass is 10.0. The molecule has 0 N–H and O–H groups in total. The summed E-state index contributed by atoms with van der Waals surface area (Å²) in [6.07, 6.45) is 4.70. The zero-order chi connectivity index (χ0) is 18.1. The summed E-state index contributed by atoms with van der Waals surface area (Å²) in [7, 11) is 0. The van der Waals surface area contributed by atoms with E-state index in [1.807, 2.05) is 44.2 Å². The van der Waals surface area contributed by atoms with Crippen molar-refractivity contribution >= 4 is 11.7 Å². The topological polar surface area (TPSA) is 59.0 Å². The number of carbonyl (C=O) groups excluding carboxylic acids is 1. The van der Waals surface area contributed by atoms with Crippen molar-refractivity contribution in [1.82, 2.24) is 15.0 Å². The Morgan fingerprint density at radius 2 is 1.96 bits per heavy atom. The molecule has 0 aliphatic carbocycles. The van der Waals surface area contributed by atoms with Crippen molar-refractivity contribution in [2.75, 3.05) is 4.90 Å². The first-order chi connectivity index (χ1) is 12.6. The normalized spacial score (nSPS) is 13.6. The summed E-state index contributed by atoms with van der Waals surface area (Å²) in [6.45, 7) is 4.52. The van der Waals surface area contributed by atoms with Gasteiger partial charge >= 0.3 is 0 Å². The Bertz CT molecular complexity index is 969. The van der Waals surface area contributed by atoms with Crippen LogP contribution in [0.2, 0.25) is 0 Å². The van der Waals surface area contributed by atoms with E-state index in [2.05, 4.69) is 11.1 Å². The Morgan fingerprint density at radius 1 is 1.08 bits per heavy atom. The zero-order valence-electron chi connectivity index (χ0n) is 14.9. The molecule has 1 aromatic carbocycles. The van der Waals surface area contributed by atoms with Crippen molar-refractivity contribution in [2.24, 2.45) is 0 Å². The van der Waals surface area contributed by atoms with Crippen molar-refractivity contribution in [3.8, 4) is 11.4 Å². The Labute approximate surface area is 152 Å². The SMILES string of the molecule is Cc1cccc(-c2nc(C)c3c(n2)N(Cc2cccnc2)C(=O)CC3)c1. The molecule has 5 nitrogen and oxygen atoms in total. The van der Waals surface area contributed by atoms with Crippen LogP contribution in [0.4, 0.5) is 5.82 Å². The largest absolute Gasteiger partial charge is 0.292 e. The third-order valence-electron chi connectivity index (χ3n) is 4.68. The van der Waals surface area contributed by atoms with Gasteiger partial charge in [0.25, 0.3) is 0 Å². The minimum atomic E-state index is 0.0923. The first-order valence-corrected chi connectivity index (χ1v) is 8.75. The van der Waals surface area contributed by atoms with Crippen LogP contribution in [0.5, 0.6) is 0 Å². The molecular formula is C21H20N4O. The smallest absolute Gasteiger partial charge is 0.228 e. The summed E-state index contributed by atoms with van der Waals surface area (Å²) < 4.78 is 0. The van der Waals surface area contributed by atoms with Gasteiger partial charge in [-0.25, -0.2) is 9.97 Å². The van der Waals surface area contributed by atoms with Crippen LogP contribution in [0.25, 0.3) is 11.4 Å². The zero-order valence-corrected chi connectivity index (χ0v) is 14.9. The van der Waals surface area contributed by atoms with Crippen molar-refractivity contribution in [3.63, 3.8) is 0 Å². The molecule has 130 valence electrons. The van der Waals surface area contributed by atoms with Gasteiger partial charge in [0.1, 0.15) is 5.82 Å². The average Bonchev–Trinajstić information content (AvgIpc) is 2.65. The molecule has 2 aromatic heterocycles. The number of nitrogens with zero attached hydrogens (tertiary/aromatic N) is 4. The number of pyridine rings is 1. The maximum absolute atomic E-state index is 12.6. The molecule has 5 heteroatoms. The molecule has 0 radical (unpaired) electrons. The number of amides is 1. The number of hydrogen-bond donors (Lipinski definition) is 0. The van der Waals surface area contributed by atoms with Crippen LogP contribution in [0.3, 0.4) is 0 Å². The number of hydrogen-bond acceptors (Lipinski definition) is 4. The van der Waals surface area contributed by atoms with Gasteiger partial charge in [-0.15, -0.1) is 0 Å². The van der Waals surface area contributed by atoms with Crippen molar-refractivity contribution in [3.05, 3.63) is 71.2 Å². The van der Waals surface area contributed by atoms with Crippen molar-refractivity contribution in [1.29, 1.82) is 0 Å². The molecule has 0 unspecified atom stereocenters. The summed E-state index contributed by atoms with van der Waals surface area (Å²) in [4.78, 5) is 28.0. The first-order valence-electron chi connectivity index (χ1n) is 8.75. The van der Waals surface area contributed by atoms with Crippen LogP contribution in [0, 0.1) is 13.8 Å². The molecule has 1 amide bonds. The quantitative estimate of drug-likeness (QED) is 0.728. The molecule has 0 fully saturated rings. The van der Waals surface area contributed by atoms with E-state index in [1.165, 1.54) is 0 Å². The monoisotopic (exact) mass is 344 g/mol. The van der Waals surface area contributed by atoms with Crippen LogP contribution < -0.4 is 4.90 Å². The van der Waals surface area contributed by atoms with E-state index in [1.54, 1.807) is 17.3 Å². The summed E-state index contributed by atoms with van der Waals surface area (Å²) >= 11 is 0. The molecule has 0 atom stereocenters. The molecule has 3 heterocycles. The Hall–Kier alpha value is -3.08. The lowest BCUT2D eigenvalue weighted by molar-refractivity contribution is -0.119. The molecule has 1 aliphatic rings. The van der Waals surface area contributed by atoms with Crippen molar-refractivity contribution < 1.29 is 4.79 Å². The number of benzene rings is 1. The minimum absolute atomic E-state index is 0.0923. The van der Waals surface area contributed by atoms with E-state index in [0.717, 1.165) is 33.8 Å². The molecule has 26 heavy (non-hydrogen) atoms. The van der Waals surface area contributed by atoms with Gasteiger partial charge < -0.3 is 0 Å². The molecule has 0 bridgehead atoms. The molecule has 0 spiro atoms. The third-order valence-corrected chi connectivity index (χ3v) is 4.68. The Balaban J connectivity index is 1.80. The molecule has 0 saturated carbocycles. The van der Waals surface area contributed by atoms with E-state index in [-0.39, 0.29) is 5.91 Å². The number of fused-ring (bicyclic) bond motifs is 1. The fraction of sp³-hybridized carbons (Fsp3) is 0.238.